The molecule has 4 nitrogen and oxygen atoms in total. The Kier molecular flexibility index (Phi) is 9.62. The summed E-state index contributed by atoms with van der Waals surface area (Å²) in [5, 5.41) is 15.3. The molecule has 4 heterocycles. The molecule has 0 fully saturated rings. The fourth-order valence-corrected chi connectivity index (χ4v) is 17.9. The van der Waals surface area contributed by atoms with Crippen molar-refractivity contribution in [3.05, 3.63) is 291 Å². The Morgan fingerprint density at radius 1 is 0.156 bits per heavy atom. The molecule has 0 atom stereocenters. The third kappa shape index (κ3) is 6.38. The average Bonchev–Trinajstić information content (AvgIpc) is 4.34. The number of nitrogens with zero attached hydrogens (tertiary/aromatic N) is 4. The minimum atomic E-state index is -3.20. The van der Waals surface area contributed by atoms with Gasteiger partial charge in [0.1, 0.15) is 0 Å². The first-order valence-corrected chi connectivity index (χ1v) is 28.6. The van der Waals surface area contributed by atoms with Gasteiger partial charge in [0.2, 0.25) is 0 Å². The van der Waals surface area contributed by atoms with Crippen LogP contribution < -0.4 is 20.7 Å². The van der Waals surface area contributed by atoms with Crippen molar-refractivity contribution in [3.8, 4) is 22.7 Å². The topological polar surface area (TPSA) is 19.7 Å². The van der Waals surface area contributed by atoms with Crippen LogP contribution in [0.3, 0.4) is 0 Å². The summed E-state index contributed by atoms with van der Waals surface area (Å²) >= 11 is 0. The van der Waals surface area contributed by atoms with Crippen molar-refractivity contribution in [2.45, 2.75) is 0 Å². The van der Waals surface area contributed by atoms with Crippen molar-refractivity contribution in [2.75, 3.05) is 0 Å². The van der Waals surface area contributed by atoms with E-state index in [9.17, 15) is 0 Å². The third-order valence-corrected chi connectivity index (χ3v) is 21.4. The van der Waals surface area contributed by atoms with E-state index < -0.39 is 8.07 Å². The van der Waals surface area contributed by atoms with Crippen molar-refractivity contribution < 1.29 is 0 Å². The van der Waals surface area contributed by atoms with Crippen LogP contribution in [0.4, 0.5) is 0 Å². The van der Waals surface area contributed by atoms with Crippen LogP contribution in [-0.2, 0) is 0 Å². The quantitative estimate of drug-likeness (QED) is 0.107. The summed E-state index contributed by atoms with van der Waals surface area (Å²) in [4.78, 5) is 0. The van der Waals surface area contributed by atoms with Crippen molar-refractivity contribution in [3.63, 3.8) is 0 Å². The first kappa shape index (κ1) is 43.5. The van der Waals surface area contributed by atoms with Crippen LogP contribution in [0, 0.1) is 0 Å². The smallest absolute Gasteiger partial charge is 0.179 e. The van der Waals surface area contributed by atoms with Crippen molar-refractivity contribution in [1.29, 1.82) is 0 Å². The molecule has 0 saturated carbocycles. The molecule has 0 aliphatic heterocycles. The predicted octanol–water partition coefficient (Wildman–Crippen LogP) is 15.5. The van der Waals surface area contributed by atoms with Gasteiger partial charge in [-0.1, -0.05) is 194 Å². The highest BCUT2D eigenvalue weighted by Gasteiger charge is 2.42. The van der Waals surface area contributed by atoms with E-state index in [1.165, 1.54) is 108 Å². The Balaban J connectivity index is 0.950. The highest BCUT2D eigenvalue weighted by Crippen LogP contribution is 2.36. The Bertz CT molecular complexity index is 4110. The van der Waals surface area contributed by atoms with Gasteiger partial charge in [-0.2, -0.15) is 0 Å². The Hall–Kier alpha value is -9.94. The molecule has 0 aliphatic carbocycles. The zero-order chi connectivity index (χ0) is 50.6. The zero-order valence-corrected chi connectivity index (χ0v) is 43.0. The molecule has 0 amide bonds. The van der Waals surface area contributed by atoms with E-state index in [1.807, 2.05) is 0 Å². The Morgan fingerprint density at radius 2 is 0.299 bits per heavy atom. The number of rotatable bonds is 8. The lowest BCUT2D eigenvalue weighted by Crippen LogP contribution is -2.74. The highest BCUT2D eigenvalue weighted by molar-refractivity contribution is 7.19. The van der Waals surface area contributed by atoms with Crippen LogP contribution in [0.1, 0.15) is 0 Å². The summed E-state index contributed by atoms with van der Waals surface area (Å²) in [5.41, 5.74) is 14.2. The lowest BCUT2D eigenvalue weighted by atomic mass is 10.2. The lowest BCUT2D eigenvalue weighted by molar-refractivity contribution is 1.18. The van der Waals surface area contributed by atoms with Gasteiger partial charge in [0.05, 0.1) is 44.1 Å². The van der Waals surface area contributed by atoms with E-state index in [4.69, 9.17) is 0 Å². The second-order valence-electron chi connectivity index (χ2n) is 20.4. The van der Waals surface area contributed by atoms with E-state index in [2.05, 4.69) is 309 Å². The molecule has 5 heteroatoms. The number of aromatic nitrogens is 4. The normalized spacial score (nSPS) is 12.2. The average molecular weight is 997 g/mol. The molecule has 360 valence electrons. The number of benzene rings is 12. The van der Waals surface area contributed by atoms with E-state index in [-0.39, 0.29) is 0 Å². The molecule has 77 heavy (non-hydrogen) atoms. The van der Waals surface area contributed by atoms with Gasteiger partial charge in [-0.25, -0.2) is 0 Å². The molecule has 12 aromatic carbocycles. The maximum Gasteiger partial charge on any atom is 0.179 e. The van der Waals surface area contributed by atoms with E-state index in [0.717, 1.165) is 22.7 Å². The van der Waals surface area contributed by atoms with Gasteiger partial charge in [-0.15, -0.1) is 0 Å². The second kappa shape index (κ2) is 17.0. The summed E-state index contributed by atoms with van der Waals surface area (Å²) in [6.45, 7) is 0. The SMILES string of the molecule is c1ccc2c(c1)c1ccccc1n2-c1ccc([Si](c2ccc(-n3c4ccccc4c4ccccc43)cc2)(c2ccc(-n3c4ccccc4c4ccccc43)cc2)c2ccc(-n3c4ccccc4c4ccccc43)cc2)cc1. The Labute approximate surface area is 445 Å². The Morgan fingerprint density at radius 3 is 0.455 bits per heavy atom. The van der Waals surface area contributed by atoms with Crippen LogP contribution >= 0.6 is 0 Å². The molecule has 16 aromatic rings. The summed E-state index contributed by atoms with van der Waals surface area (Å²) in [6, 6.07) is 109. The van der Waals surface area contributed by atoms with Crippen LogP contribution in [-0.4, -0.2) is 26.3 Å². The second-order valence-corrected chi connectivity index (χ2v) is 24.2. The number of para-hydroxylation sites is 8. The molecule has 16 rings (SSSR count). The van der Waals surface area contributed by atoms with Crippen LogP contribution in [0.5, 0.6) is 0 Å². The molecule has 0 radical (unpaired) electrons. The van der Waals surface area contributed by atoms with Gasteiger partial charge >= 0.3 is 0 Å². The molecule has 0 N–H and O–H groups in total. The fraction of sp³-hybridized carbons (Fsp3) is 0. The van der Waals surface area contributed by atoms with E-state index in [0.29, 0.717) is 0 Å². The third-order valence-electron chi connectivity index (χ3n) is 16.6. The fourth-order valence-electron chi connectivity index (χ4n) is 13.2. The minimum absolute atomic E-state index is 1.14. The molecule has 0 unspecified atom stereocenters. The summed E-state index contributed by atoms with van der Waals surface area (Å²) in [5.74, 6) is 0. The van der Waals surface area contributed by atoms with Gasteiger partial charge in [0.25, 0.3) is 0 Å². The van der Waals surface area contributed by atoms with E-state index in [1.54, 1.807) is 0 Å². The van der Waals surface area contributed by atoms with Crippen LogP contribution in [0.15, 0.2) is 291 Å². The molecule has 0 bridgehead atoms. The molecular weight excluding hydrogens is 949 g/mol. The molecule has 0 saturated heterocycles. The zero-order valence-electron chi connectivity index (χ0n) is 42.0. The van der Waals surface area contributed by atoms with Gasteiger partial charge in [0, 0.05) is 65.8 Å². The molecule has 4 aromatic heterocycles. The van der Waals surface area contributed by atoms with E-state index >= 15 is 0 Å². The van der Waals surface area contributed by atoms with Crippen molar-refractivity contribution in [2.24, 2.45) is 0 Å². The molecule has 0 spiro atoms. The first-order valence-electron chi connectivity index (χ1n) is 26.6. The molecule has 0 aliphatic rings. The summed E-state index contributed by atoms with van der Waals surface area (Å²) in [6.07, 6.45) is 0. The molecular formula is C72H48N4Si. The number of hydrogen-bond donors (Lipinski definition) is 0. The van der Waals surface area contributed by atoms with Gasteiger partial charge in [-0.3, -0.25) is 0 Å². The van der Waals surface area contributed by atoms with Gasteiger partial charge in [0.15, 0.2) is 8.07 Å². The maximum atomic E-state index is 2.44. The van der Waals surface area contributed by atoms with Gasteiger partial charge in [-0.05, 0) is 118 Å². The minimum Gasteiger partial charge on any atom is -0.309 e. The first-order chi connectivity index (χ1) is 38.2. The highest BCUT2D eigenvalue weighted by atomic mass is 28.3. The van der Waals surface area contributed by atoms with Crippen molar-refractivity contribution >= 4 is 116 Å². The summed E-state index contributed by atoms with van der Waals surface area (Å²) in [7, 11) is -3.20. The standard InChI is InChI=1S/C72H48N4Si/c1-9-25-65-57(17-1)58-18-2-10-26-66(58)73(65)49-33-41-53(42-34-49)77(54-43-35-50(36-44-54)74-67-27-11-3-19-59(67)60-20-4-12-28-68(60)74,55-45-37-51(38-46-55)75-69-29-13-5-21-61(69)62-22-6-14-30-70(62)75)56-47-39-52(40-48-56)76-71-31-15-7-23-63(71)64-24-8-16-32-72(64)76/h1-48H. The van der Waals surface area contributed by atoms with Crippen LogP contribution in [0.25, 0.3) is 110 Å². The summed E-state index contributed by atoms with van der Waals surface area (Å²) < 4.78 is 9.72. The maximum absolute atomic E-state index is 3.20. The predicted molar refractivity (Wildman–Crippen MR) is 327 cm³/mol. The lowest BCUT2D eigenvalue weighted by Gasteiger charge is -2.35. The number of fused-ring (bicyclic) bond motifs is 12. The number of hydrogen-bond acceptors (Lipinski definition) is 0. The van der Waals surface area contributed by atoms with Gasteiger partial charge < -0.3 is 18.3 Å². The largest absolute Gasteiger partial charge is 0.309 e. The van der Waals surface area contributed by atoms with Crippen LogP contribution in [0.2, 0.25) is 0 Å². The monoisotopic (exact) mass is 996 g/mol. The van der Waals surface area contributed by atoms with Crippen molar-refractivity contribution in [1.82, 2.24) is 18.3 Å².